The zero-order chi connectivity index (χ0) is 21.5. The van der Waals surface area contributed by atoms with Gasteiger partial charge in [0.2, 0.25) is 0 Å². The number of methoxy groups -OCH3 is 1. The van der Waals surface area contributed by atoms with Crippen LogP contribution < -0.4 is 14.9 Å². The number of nitrogens with one attached hydrogen (secondary N) is 1. The van der Waals surface area contributed by atoms with Gasteiger partial charge in [-0.25, -0.2) is 5.43 Å². The molecule has 0 unspecified atom stereocenters. The first kappa shape index (κ1) is 21.2. The lowest BCUT2D eigenvalue weighted by Gasteiger charge is -2.10. The molecule has 1 heterocycles. The lowest BCUT2D eigenvalue weighted by molar-refractivity contribution is -0.123. The summed E-state index contributed by atoms with van der Waals surface area (Å²) in [5.74, 6) is 0.994. The van der Waals surface area contributed by atoms with Crippen molar-refractivity contribution in [3.05, 3.63) is 77.1 Å². The summed E-state index contributed by atoms with van der Waals surface area (Å²) >= 11 is 0. The molecule has 6 heteroatoms. The number of rotatable bonds is 8. The minimum absolute atomic E-state index is 0.119. The van der Waals surface area contributed by atoms with Gasteiger partial charge in [0.25, 0.3) is 5.91 Å². The van der Waals surface area contributed by atoms with E-state index in [-0.39, 0.29) is 12.5 Å². The van der Waals surface area contributed by atoms with E-state index in [2.05, 4.69) is 53.2 Å². The summed E-state index contributed by atoms with van der Waals surface area (Å²) in [5.41, 5.74) is 8.04. The topological polar surface area (TPSA) is 64.9 Å². The highest BCUT2D eigenvalue weighted by molar-refractivity contribution is 5.84. The van der Waals surface area contributed by atoms with Crippen LogP contribution >= 0.6 is 0 Å². The molecule has 6 nitrogen and oxygen atoms in total. The molecule has 156 valence electrons. The Kier molecular flexibility index (Phi) is 6.91. The molecule has 0 saturated heterocycles. The summed E-state index contributed by atoms with van der Waals surface area (Å²) in [6, 6.07) is 17.6. The first-order chi connectivity index (χ1) is 14.5. The molecule has 1 amide bonds. The summed E-state index contributed by atoms with van der Waals surface area (Å²) in [4.78, 5) is 12.0. The van der Waals surface area contributed by atoms with Crippen molar-refractivity contribution in [3.8, 4) is 17.2 Å². The molecule has 0 radical (unpaired) electrons. The van der Waals surface area contributed by atoms with Crippen LogP contribution in [0.3, 0.4) is 0 Å². The van der Waals surface area contributed by atoms with Crippen molar-refractivity contribution in [1.82, 2.24) is 9.99 Å². The summed E-state index contributed by atoms with van der Waals surface area (Å²) in [7, 11) is 1.60. The van der Waals surface area contributed by atoms with Crippen LogP contribution in [0.5, 0.6) is 11.5 Å². The minimum Gasteiger partial charge on any atom is -0.497 e. The largest absolute Gasteiger partial charge is 0.497 e. The first-order valence-corrected chi connectivity index (χ1v) is 9.88. The predicted octanol–water partition coefficient (Wildman–Crippen LogP) is 4.19. The van der Waals surface area contributed by atoms with Crippen molar-refractivity contribution in [2.75, 3.05) is 13.7 Å². The third-order valence-corrected chi connectivity index (χ3v) is 4.90. The van der Waals surface area contributed by atoms with Crippen LogP contribution in [-0.4, -0.2) is 30.4 Å². The van der Waals surface area contributed by atoms with Gasteiger partial charge in [0, 0.05) is 22.6 Å². The summed E-state index contributed by atoms with van der Waals surface area (Å²) in [6.07, 6.45) is 2.67. The molecule has 1 aromatic heterocycles. The monoisotopic (exact) mass is 405 g/mol. The smallest absolute Gasteiger partial charge is 0.277 e. The maximum absolute atomic E-state index is 12.0. The van der Waals surface area contributed by atoms with Gasteiger partial charge in [0.05, 0.1) is 13.3 Å². The van der Waals surface area contributed by atoms with Gasteiger partial charge in [0.1, 0.15) is 11.5 Å². The third-order valence-electron chi connectivity index (χ3n) is 4.90. The van der Waals surface area contributed by atoms with Crippen molar-refractivity contribution in [1.29, 1.82) is 0 Å². The van der Waals surface area contributed by atoms with E-state index in [0.29, 0.717) is 5.75 Å². The zero-order valence-electron chi connectivity index (χ0n) is 17.8. The van der Waals surface area contributed by atoms with Gasteiger partial charge in [-0.2, -0.15) is 5.10 Å². The van der Waals surface area contributed by atoms with Gasteiger partial charge in [-0.1, -0.05) is 19.1 Å². The maximum Gasteiger partial charge on any atom is 0.277 e. The number of aromatic nitrogens is 1. The Morgan fingerprint density at radius 3 is 2.37 bits per heavy atom. The van der Waals surface area contributed by atoms with Crippen LogP contribution in [-0.2, 0) is 11.2 Å². The number of carbonyl (C=O) groups is 1. The molecule has 0 aliphatic heterocycles. The van der Waals surface area contributed by atoms with Crippen molar-refractivity contribution in [2.45, 2.75) is 27.2 Å². The van der Waals surface area contributed by atoms with Crippen molar-refractivity contribution in [2.24, 2.45) is 5.10 Å². The number of nitrogens with zero attached hydrogens (tertiary/aromatic N) is 2. The quantitative estimate of drug-likeness (QED) is 0.451. The third kappa shape index (κ3) is 5.08. The van der Waals surface area contributed by atoms with Crippen LogP contribution in [0, 0.1) is 13.8 Å². The molecule has 0 saturated carbocycles. The molecule has 0 aliphatic carbocycles. The van der Waals surface area contributed by atoms with Gasteiger partial charge in [-0.05, 0) is 68.3 Å². The number of hydrazone groups is 1. The Morgan fingerprint density at radius 2 is 1.73 bits per heavy atom. The molecule has 0 atom stereocenters. The molecule has 0 fully saturated rings. The van der Waals surface area contributed by atoms with E-state index in [0.717, 1.165) is 34.8 Å². The fourth-order valence-electron chi connectivity index (χ4n) is 3.22. The molecular weight excluding hydrogens is 378 g/mol. The van der Waals surface area contributed by atoms with E-state index in [4.69, 9.17) is 9.47 Å². The lowest BCUT2D eigenvalue weighted by Crippen LogP contribution is -2.24. The van der Waals surface area contributed by atoms with Crippen LogP contribution in [0.25, 0.3) is 5.69 Å². The Hall–Kier alpha value is -3.54. The zero-order valence-corrected chi connectivity index (χ0v) is 17.8. The molecule has 0 aliphatic rings. The molecular formula is C24H27N3O3. The van der Waals surface area contributed by atoms with E-state index in [9.17, 15) is 4.79 Å². The van der Waals surface area contributed by atoms with E-state index in [1.54, 1.807) is 37.6 Å². The van der Waals surface area contributed by atoms with Crippen LogP contribution in [0.15, 0.2) is 59.7 Å². The normalized spacial score (nSPS) is 10.9. The number of benzene rings is 2. The second kappa shape index (κ2) is 9.78. The van der Waals surface area contributed by atoms with Gasteiger partial charge >= 0.3 is 0 Å². The molecule has 30 heavy (non-hydrogen) atoms. The fraction of sp³-hybridized carbons (Fsp3) is 0.250. The minimum atomic E-state index is -0.328. The number of amides is 1. The van der Waals surface area contributed by atoms with Crippen molar-refractivity contribution >= 4 is 12.1 Å². The van der Waals surface area contributed by atoms with Crippen LogP contribution in [0.4, 0.5) is 0 Å². The van der Waals surface area contributed by atoms with Gasteiger partial charge in [-0.3, -0.25) is 4.79 Å². The van der Waals surface area contributed by atoms with Crippen molar-refractivity contribution < 1.29 is 14.3 Å². The van der Waals surface area contributed by atoms with Gasteiger partial charge in [-0.15, -0.1) is 0 Å². The standard InChI is InChI=1S/C24H27N3O3/c1-5-19-6-8-21(9-7-19)27-17(2)14-20(18(27)3)15-25-26-24(28)16-30-23-12-10-22(29-4)11-13-23/h6-15H,5,16H2,1-4H3,(H,26,28)/b25-15+. The van der Waals surface area contributed by atoms with E-state index in [1.165, 1.54) is 5.56 Å². The highest BCUT2D eigenvalue weighted by Gasteiger charge is 2.09. The summed E-state index contributed by atoms with van der Waals surface area (Å²) in [6.45, 7) is 6.12. The second-order valence-electron chi connectivity index (χ2n) is 6.94. The Balaban J connectivity index is 1.59. The highest BCUT2D eigenvalue weighted by atomic mass is 16.5. The van der Waals surface area contributed by atoms with Crippen molar-refractivity contribution in [3.63, 3.8) is 0 Å². The Labute approximate surface area is 177 Å². The second-order valence-corrected chi connectivity index (χ2v) is 6.94. The SMILES string of the molecule is CCc1ccc(-n2c(C)cc(/C=N/NC(=O)COc3ccc(OC)cc3)c2C)cc1. The molecule has 2 aromatic carbocycles. The number of hydrogen-bond acceptors (Lipinski definition) is 4. The summed E-state index contributed by atoms with van der Waals surface area (Å²) in [5, 5.41) is 4.08. The number of ether oxygens (including phenoxy) is 2. The molecule has 0 bridgehead atoms. The highest BCUT2D eigenvalue weighted by Crippen LogP contribution is 2.20. The van der Waals surface area contributed by atoms with Gasteiger partial charge < -0.3 is 14.0 Å². The Bertz CT molecular complexity index is 1020. The number of hydrogen-bond donors (Lipinski definition) is 1. The lowest BCUT2D eigenvalue weighted by atomic mass is 10.1. The average molecular weight is 405 g/mol. The summed E-state index contributed by atoms with van der Waals surface area (Å²) < 4.78 is 12.7. The van der Waals surface area contributed by atoms with E-state index < -0.39 is 0 Å². The number of carbonyl (C=O) groups excluding carboxylic acids is 1. The molecule has 0 spiro atoms. The fourth-order valence-corrected chi connectivity index (χ4v) is 3.22. The predicted molar refractivity (Wildman–Crippen MR) is 119 cm³/mol. The molecule has 3 rings (SSSR count). The van der Waals surface area contributed by atoms with E-state index >= 15 is 0 Å². The first-order valence-electron chi connectivity index (χ1n) is 9.88. The average Bonchev–Trinajstić information content (AvgIpc) is 3.05. The Morgan fingerprint density at radius 1 is 1.07 bits per heavy atom. The van der Waals surface area contributed by atoms with Crippen LogP contribution in [0.2, 0.25) is 0 Å². The molecule has 3 aromatic rings. The maximum atomic E-state index is 12.0. The number of aryl methyl sites for hydroxylation is 2. The van der Waals surface area contributed by atoms with Gasteiger partial charge in [0.15, 0.2) is 6.61 Å². The molecule has 1 N–H and O–H groups in total. The van der Waals surface area contributed by atoms with E-state index in [1.807, 2.05) is 13.0 Å². The van der Waals surface area contributed by atoms with Crippen LogP contribution in [0.1, 0.15) is 29.4 Å².